The average Bonchev–Trinajstić information content (AvgIpc) is 2.46. The van der Waals surface area contributed by atoms with Gasteiger partial charge in [0.1, 0.15) is 0 Å². The highest BCUT2D eigenvalue weighted by Gasteiger charge is 2.35. The van der Waals surface area contributed by atoms with Gasteiger partial charge in [-0.2, -0.15) is 0 Å². The molecule has 0 bridgehead atoms. The second-order valence-electron chi connectivity index (χ2n) is 7.50. The normalized spacial score (nSPS) is 20.0. The fraction of sp³-hybridized carbons (Fsp3) is 0.500. The largest absolute Gasteiger partial charge is 0.481 e. The molecule has 0 unspecified atom stereocenters. The summed E-state index contributed by atoms with van der Waals surface area (Å²) >= 11 is 0. The molecule has 2 amide bonds. The summed E-state index contributed by atoms with van der Waals surface area (Å²) < 4.78 is 0. The van der Waals surface area contributed by atoms with Gasteiger partial charge >= 0.3 is 5.97 Å². The highest BCUT2D eigenvalue weighted by molar-refractivity contribution is 5.98. The third kappa shape index (κ3) is 4.81. The number of carbonyl (C=O) groups excluding carboxylic acids is 2. The van der Waals surface area contributed by atoms with Crippen LogP contribution >= 0.6 is 0 Å². The number of benzene rings is 1. The number of hydrogen-bond acceptors (Lipinski definition) is 3. The van der Waals surface area contributed by atoms with Crippen molar-refractivity contribution in [3.05, 3.63) is 35.4 Å². The van der Waals surface area contributed by atoms with E-state index in [0.717, 1.165) is 0 Å². The number of nitrogens with one attached hydrogen (secondary N) is 2. The zero-order chi connectivity index (χ0) is 17.9. The van der Waals surface area contributed by atoms with E-state index in [-0.39, 0.29) is 29.2 Å². The van der Waals surface area contributed by atoms with Crippen molar-refractivity contribution in [2.75, 3.05) is 6.54 Å². The first kappa shape index (κ1) is 18.0. The summed E-state index contributed by atoms with van der Waals surface area (Å²) in [4.78, 5) is 34.9. The van der Waals surface area contributed by atoms with Gasteiger partial charge in [0.25, 0.3) is 11.8 Å². The third-order valence-electron chi connectivity index (χ3n) is 4.01. The molecule has 1 aromatic rings. The number of carboxylic acids is 1. The van der Waals surface area contributed by atoms with Gasteiger partial charge in [-0.05, 0) is 42.5 Å². The minimum Gasteiger partial charge on any atom is -0.481 e. The molecule has 6 heteroatoms. The molecule has 0 aromatic heterocycles. The lowest BCUT2D eigenvalue weighted by atomic mass is 9.80. The van der Waals surface area contributed by atoms with Crippen LogP contribution in [-0.4, -0.2) is 35.5 Å². The van der Waals surface area contributed by atoms with Crippen molar-refractivity contribution in [3.63, 3.8) is 0 Å². The van der Waals surface area contributed by atoms with Crippen LogP contribution < -0.4 is 10.6 Å². The van der Waals surface area contributed by atoms with Crippen molar-refractivity contribution < 1.29 is 19.5 Å². The highest BCUT2D eigenvalue weighted by Crippen LogP contribution is 2.27. The Bertz CT molecular complexity index is 625. The lowest BCUT2D eigenvalue weighted by Gasteiger charge is -2.32. The molecule has 1 saturated carbocycles. The SMILES string of the molecule is CC(C)(C)CNC(=O)c1ccc(C(=O)NC2CC(C(=O)O)C2)cc1. The number of carbonyl (C=O) groups is 3. The minimum atomic E-state index is -0.814. The lowest BCUT2D eigenvalue weighted by molar-refractivity contribution is -0.145. The molecule has 0 heterocycles. The van der Waals surface area contributed by atoms with Crippen LogP contribution in [-0.2, 0) is 4.79 Å². The number of aliphatic carboxylic acids is 1. The molecule has 1 aromatic carbocycles. The van der Waals surface area contributed by atoms with E-state index in [4.69, 9.17) is 5.11 Å². The zero-order valence-corrected chi connectivity index (χ0v) is 14.3. The third-order valence-corrected chi connectivity index (χ3v) is 4.01. The van der Waals surface area contributed by atoms with Crippen LogP contribution in [0.2, 0.25) is 0 Å². The van der Waals surface area contributed by atoms with Crippen LogP contribution in [0.1, 0.15) is 54.3 Å². The predicted octanol–water partition coefficient (Wildman–Crippen LogP) is 2.06. The van der Waals surface area contributed by atoms with Crippen molar-refractivity contribution in [1.82, 2.24) is 10.6 Å². The molecule has 3 N–H and O–H groups in total. The molecule has 1 aliphatic carbocycles. The van der Waals surface area contributed by atoms with Gasteiger partial charge in [-0.25, -0.2) is 0 Å². The fourth-order valence-corrected chi connectivity index (χ4v) is 2.43. The summed E-state index contributed by atoms with van der Waals surface area (Å²) in [7, 11) is 0. The minimum absolute atomic E-state index is 0.00602. The molecule has 6 nitrogen and oxygen atoms in total. The van der Waals surface area contributed by atoms with Crippen LogP contribution in [0.15, 0.2) is 24.3 Å². The van der Waals surface area contributed by atoms with Gasteiger partial charge in [-0.3, -0.25) is 14.4 Å². The molecule has 130 valence electrons. The molecular formula is C18H24N2O4. The molecule has 1 aliphatic rings. The van der Waals surface area contributed by atoms with Crippen molar-refractivity contribution in [2.45, 2.75) is 39.7 Å². The number of hydrogen-bond donors (Lipinski definition) is 3. The first-order valence-corrected chi connectivity index (χ1v) is 8.07. The Hall–Kier alpha value is -2.37. The summed E-state index contributed by atoms with van der Waals surface area (Å²) in [6, 6.07) is 6.36. The molecule has 0 spiro atoms. The van der Waals surface area contributed by atoms with Gasteiger partial charge in [0, 0.05) is 23.7 Å². The van der Waals surface area contributed by atoms with Crippen molar-refractivity contribution >= 4 is 17.8 Å². The molecule has 2 rings (SSSR count). The summed E-state index contributed by atoms with van der Waals surface area (Å²) in [5, 5.41) is 14.5. The van der Waals surface area contributed by atoms with Gasteiger partial charge in [0.2, 0.25) is 0 Å². The number of carboxylic acid groups (broad SMARTS) is 1. The Labute approximate surface area is 141 Å². The highest BCUT2D eigenvalue weighted by atomic mass is 16.4. The number of rotatable bonds is 5. The second kappa shape index (κ2) is 7.03. The van der Waals surface area contributed by atoms with Crippen molar-refractivity contribution in [1.29, 1.82) is 0 Å². The summed E-state index contributed by atoms with van der Waals surface area (Å²) in [5.41, 5.74) is 0.970. The first-order valence-electron chi connectivity index (χ1n) is 8.07. The topological polar surface area (TPSA) is 95.5 Å². The van der Waals surface area contributed by atoms with Crippen LogP contribution in [0.3, 0.4) is 0 Å². The Morgan fingerprint density at radius 3 is 2.00 bits per heavy atom. The van der Waals surface area contributed by atoms with Gasteiger partial charge in [-0.1, -0.05) is 20.8 Å². The van der Waals surface area contributed by atoms with E-state index in [2.05, 4.69) is 10.6 Å². The van der Waals surface area contributed by atoms with E-state index in [1.54, 1.807) is 24.3 Å². The zero-order valence-electron chi connectivity index (χ0n) is 14.3. The van der Waals surface area contributed by atoms with Crippen molar-refractivity contribution in [2.24, 2.45) is 11.3 Å². The van der Waals surface area contributed by atoms with Crippen LogP contribution in [0, 0.1) is 11.3 Å². The fourth-order valence-electron chi connectivity index (χ4n) is 2.43. The average molecular weight is 332 g/mol. The molecular weight excluding hydrogens is 308 g/mol. The summed E-state index contributed by atoms with van der Waals surface area (Å²) in [6.07, 6.45) is 0.933. The molecule has 1 fully saturated rings. The van der Waals surface area contributed by atoms with Crippen molar-refractivity contribution in [3.8, 4) is 0 Å². The van der Waals surface area contributed by atoms with Crippen LogP contribution in [0.5, 0.6) is 0 Å². The van der Waals surface area contributed by atoms with Gasteiger partial charge < -0.3 is 15.7 Å². The first-order chi connectivity index (χ1) is 11.2. The molecule has 24 heavy (non-hydrogen) atoms. The Balaban J connectivity index is 1.86. The van der Waals surface area contributed by atoms with Crippen LogP contribution in [0.4, 0.5) is 0 Å². The maximum absolute atomic E-state index is 12.1. The standard InChI is InChI=1S/C18H24N2O4/c1-18(2,3)10-19-15(21)11-4-6-12(7-5-11)16(22)20-14-8-13(9-14)17(23)24/h4-7,13-14H,8-10H2,1-3H3,(H,19,21)(H,20,22)(H,23,24). The second-order valence-corrected chi connectivity index (χ2v) is 7.50. The van der Waals surface area contributed by atoms with E-state index in [0.29, 0.717) is 30.5 Å². The van der Waals surface area contributed by atoms with Gasteiger partial charge in [0.15, 0.2) is 0 Å². The van der Waals surface area contributed by atoms with E-state index in [1.807, 2.05) is 20.8 Å². The quantitative estimate of drug-likeness (QED) is 0.769. The summed E-state index contributed by atoms with van der Waals surface area (Å²) in [5.74, 6) is -1.58. The van der Waals surface area contributed by atoms with E-state index >= 15 is 0 Å². The molecule has 0 aliphatic heterocycles. The molecule has 0 atom stereocenters. The van der Waals surface area contributed by atoms with Gasteiger partial charge in [0.05, 0.1) is 5.92 Å². The Morgan fingerprint density at radius 1 is 1.04 bits per heavy atom. The maximum atomic E-state index is 12.1. The van der Waals surface area contributed by atoms with E-state index in [9.17, 15) is 14.4 Å². The number of amides is 2. The molecule has 0 saturated heterocycles. The summed E-state index contributed by atoms with van der Waals surface area (Å²) in [6.45, 7) is 6.68. The van der Waals surface area contributed by atoms with E-state index in [1.165, 1.54) is 0 Å². The van der Waals surface area contributed by atoms with Crippen LogP contribution in [0.25, 0.3) is 0 Å². The smallest absolute Gasteiger partial charge is 0.306 e. The monoisotopic (exact) mass is 332 g/mol. The lowest BCUT2D eigenvalue weighted by Crippen LogP contribution is -2.46. The van der Waals surface area contributed by atoms with Gasteiger partial charge in [-0.15, -0.1) is 0 Å². The van der Waals surface area contributed by atoms with E-state index < -0.39 is 5.97 Å². The Morgan fingerprint density at radius 2 is 1.54 bits per heavy atom. The maximum Gasteiger partial charge on any atom is 0.306 e. The molecule has 0 radical (unpaired) electrons. The Kier molecular flexibility index (Phi) is 5.26. The predicted molar refractivity (Wildman–Crippen MR) is 89.8 cm³/mol.